The van der Waals surface area contributed by atoms with Gasteiger partial charge in [-0.1, -0.05) is 5.16 Å². The first-order chi connectivity index (χ1) is 11.5. The predicted molar refractivity (Wildman–Crippen MR) is 77.8 cm³/mol. The zero-order valence-corrected chi connectivity index (χ0v) is 12.4. The minimum Gasteiger partial charge on any atom is -0.476 e. The highest BCUT2D eigenvalue weighted by Gasteiger charge is 2.17. The van der Waals surface area contributed by atoms with E-state index in [1.807, 2.05) is 0 Å². The SMILES string of the molecule is Cc1onc(-c2ccc(F)cn2)c1COc1ccc(C(=O)O)nn1. The van der Waals surface area contributed by atoms with E-state index in [1.54, 1.807) is 6.92 Å². The average molecular weight is 330 g/mol. The summed E-state index contributed by atoms with van der Waals surface area (Å²) in [5.41, 5.74) is 1.32. The lowest BCUT2D eigenvalue weighted by Gasteiger charge is -2.05. The van der Waals surface area contributed by atoms with Crippen LogP contribution in [0.25, 0.3) is 11.4 Å². The summed E-state index contributed by atoms with van der Waals surface area (Å²) in [5.74, 6) is -0.955. The van der Waals surface area contributed by atoms with E-state index in [-0.39, 0.29) is 18.2 Å². The number of pyridine rings is 1. The summed E-state index contributed by atoms with van der Waals surface area (Å²) in [5, 5.41) is 19.9. The van der Waals surface area contributed by atoms with Crippen LogP contribution in [0, 0.1) is 12.7 Å². The Morgan fingerprint density at radius 3 is 2.75 bits per heavy atom. The number of halogens is 1. The van der Waals surface area contributed by atoms with Crippen molar-refractivity contribution in [3.05, 3.63) is 53.3 Å². The number of nitrogens with zero attached hydrogens (tertiary/aromatic N) is 4. The van der Waals surface area contributed by atoms with Crippen molar-refractivity contribution in [2.75, 3.05) is 0 Å². The van der Waals surface area contributed by atoms with Crippen LogP contribution in [-0.2, 0) is 6.61 Å². The number of aromatic carboxylic acids is 1. The highest BCUT2D eigenvalue weighted by atomic mass is 19.1. The monoisotopic (exact) mass is 330 g/mol. The quantitative estimate of drug-likeness (QED) is 0.758. The molecule has 0 aliphatic rings. The average Bonchev–Trinajstić information content (AvgIpc) is 2.95. The Hall–Kier alpha value is -3.36. The molecule has 3 aromatic heterocycles. The first-order valence-electron chi connectivity index (χ1n) is 6.81. The topological polar surface area (TPSA) is 111 Å². The second-order valence-corrected chi connectivity index (χ2v) is 4.78. The minimum absolute atomic E-state index is 0.0603. The molecular formula is C15H11FN4O4. The third-order valence-corrected chi connectivity index (χ3v) is 3.18. The molecule has 0 amide bonds. The largest absolute Gasteiger partial charge is 0.476 e. The summed E-state index contributed by atoms with van der Waals surface area (Å²) >= 11 is 0. The Balaban J connectivity index is 1.79. The zero-order valence-electron chi connectivity index (χ0n) is 12.4. The van der Waals surface area contributed by atoms with Gasteiger partial charge in [-0.25, -0.2) is 9.18 Å². The van der Waals surface area contributed by atoms with Crippen LogP contribution in [0.15, 0.2) is 35.0 Å². The second kappa shape index (κ2) is 6.41. The number of hydrogen-bond donors (Lipinski definition) is 1. The Kier molecular flexibility index (Phi) is 4.15. The van der Waals surface area contributed by atoms with Gasteiger partial charge in [0.15, 0.2) is 5.69 Å². The van der Waals surface area contributed by atoms with Crippen LogP contribution in [0.2, 0.25) is 0 Å². The van der Waals surface area contributed by atoms with E-state index < -0.39 is 11.8 Å². The molecule has 0 unspecified atom stereocenters. The second-order valence-electron chi connectivity index (χ2n) is 4.78. The molecule has 3 rings (SSSR count). The van der Waals surface area contributed by atoms with E-state index in [4.69, 9.17) is 14.4 Å². The predicted octanol–water partition coefficient (Wildman–Crippen LogP) is 2.25. The molecule has 3 aromatic rings. The molecule has 0 bridgehead atoms. The molecule has 0 saturated heterocycles. The van der Waals surface area contributed by atoms with Gasteiger partial charge in [0.05, 0.1) is 17.5 Å². The molecule has 8 nitrogen and oxygen atoms in total. The van der Waals surface area contributed by atoms with Crippen LogP contribution in [0.1, 0.15) is 21.8 Å². The molecule has 122 valence electrons. The molecule has 1 N–H and O–H groups in total. The van der Waals surface area contributed by atoms with Gasteiger partial charge in [-0.15, -0.1) is 10.2 Å². The van der Waals surface area contributed by atoms with Crippen molar-refractivity contribution in [1.82, 2.24) is 20.3 Å². The summed E-state index contributed by atoms with van der Waals surface area (Å²) in [7, 11) is 0. The van der Waals surface area contributed by atoms with Gasteiger partial charge in [0, 0.05) is 6.07 Å². The number of hydrogen-bond acceptors (Lipinski definition) is 7. The molecule has 0 aliphatic carbocycles. The van der Waals surface area contributed by atoms with Crippen molar-refractivity contribution in [3.63, 3.8) is 0 Å². The highest BCUT2D eigenvalue weighted by molar-refractivity contribution is 5.84. The lowest BCUT2D eigenvalue weighted by Crippen LogP contribution is -2.04. The first kappa shape index (κ1) is 15.5. The number of rotatable bonds is 5. The van der Waals surface area contributed by atoms with Crippen molar-refractivity contribution in [2.45, 2.75) is 13.5 Å². The van der Waals surface area contributed by atoms with Crippen molar-refractivity contribution in [1.29, 1.82) is 0 Å². The molecule has 0 spiro atoms. The van der Waals surface area contributed by atoms with E-state index in [9.17, 15) is 9.18 Å². The summed E-state index contributed by atoms with van der Waals surface area (Å²) < 4.78 is 23.6. The van der Waals surface area contributed by atoms with E-state index in [2.05, 4.69) is 20.3 Å². The van der Waals surface area contributed by atoms with E-state index >= 15 is 0 Å². The fourth-order valence-corrected chi connectivity index (χ4v) is 1.94. The number of aryl methyl sites for hydroxylation is 1. The molecule has 9 heteroatoms. The van der Waals surface area contributed by atoms with Gasteiger partial charge in [-0.3, -0.25) is 4.98 Å². The summed E-state index contributed by atoms with van der Waals surface area (Å²) in [6, 6.07) is 5.44. The van der Waals surface area contributed by atoms with Gasteiger partial charge in [0.25, 0.3) is 0 Å². The van der Waals surface area contributed by atoms with Crippen LogP contribution in [0.3, 0.4) is 0 Å². The number of carboxylic acid groups (broad SMARTS) is 1. The third kappa shape index (κ3) is 3.19. The van der Waals surface area contributed by atoms with Crippen LogP contribution in [-0.4, -0.2) is 31.4 Å². The summed E-state index contributed by atoms with van der Waals surface area (Å²) in [4.78, 5) is 14.7. The molecule has 0 fully saturated rings. The van der Waals surface area contributed by atoms with Crippen LogP contribution < -0.4 is 4.74 Å². The standard InChI is InChI=1S/C15H11FN4O4/c1-8-10(7-23-13-5-4-12(15(21)22)18-19-13)14(20-24-8)11-3-2-9(16)6-17-11/h2-6H,7H2,1H3,(H,21,22). The minimum atomic E-state index is -1.17. The highest BCUT2D eigenvalue weighted by Crippen LogP contribution is 2.24. The van der Waals surface area contributed by atoms with Crippen molar-refractivity contribution in [3.8, 4) is 17.3 Å². The lowest BCUT2D eigenvalue weighted by molar-refractivity contribution is 0.0689. The van der Waals surface area contributed by atoms with Crippen molar-refractivity contribution < 1.29 is 23.6 Å². The van der Waals surface area contributed by atoms with Gasteiger partial charge in [0.1, 0.15) is 23.9 Å². The maximum Gasteiger partial charge on any atom is 0.356 e. The van der Waals surface area contributed by atoms with Gasteiger partial charge in [-0.05, 0) is 25.1 Å². The lowest BCUT2D eigenvalue weighted by atomic mass is 10.1. The fraction of sp³-hybridized carbons (Fsp3) is 0.133. The molecule has 0 radical (unpaired) electrons. The number of aromatic nitrogens is 4. The van der Waals surface area contributed by atoms with Crippen LogP contribution in [0.5, 0.6) is 5.88 Å². The number of ether oxygens (including phenoxy) is 1. The maximum atomic E-state index is 13.0. The molecule has 0 atom stereocenters. The Morgan fingerprint density at radius 2 is 2.12 bits per heavy atom. The first-order valence-corrected chi connectivity index (χ1v) is 6.81. The maximum absolute atomic E-state index is 13.0. The molecule has 24 heavy (non-hydrogen) atoms. The number of carboxylic acids is 1. The van der Waals surface area contributed by atoms with Gasteiger partial charge in [-0.2, -0.15) is 0 Å². The summed E-state index contributed by atoms with van der Waals surface area (Å²) in [6.45, 7) is 1.77. The molecule has 0 saturated carbocycles. The van der Waals surface area contributed by atoms with E-state index in [1.165, 1.54) is 24.3 Å². The molecule has 0 aliphatic heterocycles. The molecular weight excluding hydrogens is 319 g/mol. The van der Waals surface area contributed by atoms with Gasteiger partial charge >= 0.3 is 5.97 Å². The molecule has 3 heterocycles. The smallest absolute Gasteiger partial charge is 0.356 e. The van der Waals surface area contributed by atoms with E-state index in [0.717, 1.165) is 6.20 Å². The van der Waals surface area contributed by atoms with Gasteiger partial charge in [0.2, 0.25) is 5.88 Å². The third-order valence-electron chi connectivity index (χ3n) is 3.18. The normalized spacial score (nSPS) is 10.6. The van der Waals surface area contributed by atoms with Crippen molar-refractivity contribution in [2.24, 2.45) is 0 Å². The Bertz CT molecular complexity index is 862. The zero-order chi connectivity index (χ0) is 17.1. The summed E-state index contributed by atoms with van der Waals surface area (Å²) in [6.07, 6.45) is 1.08. The fourth-order valence-electron chi connectivity index (χ4n) is 1.94. The van der Waals surface area contributed by atoms with Gasteiger partial charge < -0.3 is 14.4 Å². The molecule has 0 aromatic carbocycles. The Labute approximate surface area is 134 Å². The Morgan fingerprint density at radius 1 is 1.29 bits per heavy atom. The number of carbonyl (C=O) groups is 1. The van der Waals surface area contributed by atoms with Crippen LogP contribution >= 0.6 is 0 Å². The van der Waals surface area contributed by atoms with Crippen molar-refractivity contribution >= 4 is 5.97 Å². The van der Waals surface area contributed by atoms with Crippen LogP contribution in [0.4, 0.5) is 4.39 Å². The van der Waals surface area contributed by atoms with E-state index in [0.29, 0.717) is 22.7 Å².